The van der Waals surface area contributed by atoms with Gasteiger partial charge in [0.25, 0.3) is 5.91 Å². The minimum atomic E-state index is -4.58. The van der Waals surface area contributed by atoms with Gasteiger partial charge < -0.3 is 15.4 Å². The van der Waals surface area contributed by atoms with E-state index in [0.717, 1.165) is 28.6 Å². The van der Waals surface area contributed by atoms with Crippen molar-refractivity contribution < 1.29 is 22.7 Å². The summed E-state index contributed by atoms with van der Waals surface area (Å²) >= 11 is 2.24. The number of halogens is 4. The Kier molecular flexibility index (Phi) is 5.15. The van der Waals surface area contributed by atoms with E-state index in [-0.39, 0.29) is 27.7 Å². The number of benzene rings is 2. The molecule has 0 aliphatic carbocycles. The molecule has 4 rings (SSSR count). The molecule has 152 valence electrons. The molecule has 0 fully saturated rings. The Morgan fingerprint density at radius 1 is 1.31 bits per heavy atom. The molecule has 1 amide bonds. The molecular weight excluding hydrogens is 500 g/mol. The van der Waals surface area contributed by atoms with E-state index < -0.39 is 12.2 Å². The average Bonchev–Trinajstić information content (AvgIpc) is 3.49. The maximum Gasteiger partial charge on any atom is 0.506 e. The molecule has 2 heterocycles. The molecule has 0 aromatic heterocycles. The van der Waals surface area contributed by atoms with Gasteiger partial charge in [0.1, 0.15) is 5.75 Å². The van der Waals surface area contributed by atoms with Gasteiger partial charge in [0.2, 0.25) is 0 Å². The van der Waals surface area contributed by atoms with Gasteiger partial charge >= 0.3 is 6.30 Å². The number of methoxy groups -OCH3 is 1. The third-order valence-corrected chi connectivity index (χ3v) is 5.67. The molecule has 0 atom stereocenters. The number of carbonyl (C=O) groups excluding carboxylic acids is 1. The Bertz CT molecular complexity index is 1020. The van der Waals surface area contributed by atoms with Gasteiger partial charge in [-0.15, -0.1) is 23.3 Å². The van der Waals surface area contributed by atoms with Crippen LogP contribution in [0.4, 0.5) is 18.9 Å². The number of anilines is 1. The normalized spacial score (nSPS) is 15.5. The van der Waals surface area contributed by atoms with Crippen molar-refractivity contribution >= 4 is 40.0 Å². The summed E-state index contributed by atoms with van der Waals surface area (Å²) < 4.78 is 44.5. The van der Waals surface area contributed by atoms with Crippen molar-refractivity contribution in [1.82, 2.24) is 10.3 Å². The van der Waals surface area contributed by atoms with Crippen LogP contribution in [-0.4, -0.2) is 36.7 Å². The fourth-order valence-corrected chi connectivity index (χ4v) is 4.24. The van der Waals surface area contributed by atoms with Crippen LogP contribution < -0.4 is 15.4 Å². The lowest BCUT2D eigenvalue weighted by atomic mass is 10.0. The molecule has 29 heavy (non-hydrogen) atoms. The summed E-state index contributed by atoms with van der Waals surface area (Å²) in [5, 5.41) is 9.43. The molecule has 0 unspecified atom stereocenters. The van der Waals surface area contributed by atoms with Crippen LogP contribution in [0.5, 0.6) is 5.75 Å². The summed E-state index contributed by atoms with van der Waals surface area (Å²) in [4.78, 5) is 12.9. The number of ether oxygens (including phenoxy) is 1. The Labute approximate surface area is 178 Å². The molecule has 0 saturated carbocycles. The summed E-state index contributed by atoms with van der Waals surface area (Å²) in [5.74, 6) is -0.438. The third-order valence-electron chi connectivity index (χ3n) is 4.71. The van der Waals surface area contributed by atoms with Crippen molar-refractivity contribution in [2.45, 2.75) is 19.3 Å². The molecule has 2 N–H and O–H groups in total. The molecule has 2 aromatic rings. The van der Waals surface area contributed by atoms with Crippen molar-refractivity contribution in [3.05, 3.63) is 56.2 Å². The smallest absolute Gasteiger partial charge is 0.496 e. The highest BCUT2D eigenvalue weighted by Gasteiger charge is 2.48. The lowest BCUT2D eigenvalue weighted by Gasteiger charge is -2.20. The van der Waals surface area contributed by atoms with Gasteiger partial charge in [0.05, 0.1) is 12.7 Å². The zero-order valence-corrected chi connectivity index (χ0v) is 17.4. The van der Waals surface area contributed by atoms with E-state index in [1.807, 2.05) is 12.1 Å². The van der Waals surface area contributed by atoms with Gasteiger partial charge in [-0.3, -0.25) is 4.79 Å². The van der Waals surface area contributed by atoms with Crippen LogP contribution in [0.1, 0.15) is 27.0 Å². The number of carbonyl (C=O) groups is 1. The molecule has 2 aliphatic rings. The van der Waals surface area contributed by atoms with E-state index in [1.54, 1.807) is 0 Å². The second kappa shape index (κ2) is 7.48. The maximum absolute atomic E-state index is 12.9. The number of rotatable bonds is 4. The number of hydrazone groups is 1. The number of amides is 1. The second-order valence-electron chi connectivity index (χ2n) is 6.59. The number of hydrogen-bond acceptors (Lipinski definition) is 5. The largest absolute Gasteiger partial charge is 0.506 e. The molecule has 6 nitrogen and oxygen atoms in total. The average molecular weight is 516 g/mol. The zero-order chi connectivity index (χ0) is 20.8. The van der Waals surface area contributed by atoms with Gasteiger partial charge in [0, 0.05) is 21.4 Å². The first-order valence-corrected chi connectivity index (χ1v) is 9.83. The van der Waals surface area contributed by atoms with Crippen LogP contribution in [-0.2, 0) is 13.0 Å². The first kappa shape index (κ1) is 20.0. The fourth-order valence-electron chi connectivity index (χ4n) is 3.29. The van der Waals surface area contributed by atoms with Crippen LogP contribution in [0.2, 0.25) is 0 Å². The number of alkyl halides is 3. The third kappa shape index (κ3) is 4.04. The van der Waals surface area contributed by atoms with Gasteiger partial charge in [-0.05, 0) is 77.0 Å². The minimum Gasteiger partial charge on any atom is -0.496 e. The molecule has 0 bridgehead atoms. The van der Waals surface area contributed by atoms with E-state index in [2.05, 4.69) is 38.3 Å². The maximum atomic E-state index is 12.9. The standard InChI is InChI=1S/C19H16F3IN4O2/c1-29-16-3-2-10(17-26-27(17)19(20,21)22)7-14(16)18(28)25-12-6-11-9-24-5-4-13(11)15(23)8-12/h2-3,6-8,24H,4-5,9H2,1H3,(H,25,28). The summed E-state index contributed by atoms with van der Waals surface area (Å²) in [7, 11) is 1.40. The van der Waals surface area contributed by atoms with Crippen LogP contribution in [0.3, 0.4) is 0 Å². The first-order chi connectivity index (χ1) is 13.8. The number of hydrogen-bond donors (Lipinski definition) is 2. The minimum absolute atomic E-state index is 0.0324. The highest BCUT2D eigenvalue weighted by atomic mass is 127. The Hall–Kier alpha value is -2.34. The van der Waals surface area contributed by atoms with Crippen molar-refractivity contribution in [3.63, 3.8) is 0 Å². The van der Waals surface area contributed by atoms with E-state index >= 15 is 0 Å². The van der Waals surface area contributed by atoms with E-state index in [4.69, 9.17) is 4.74 Å². The van der Waals surface area contributed by atoms with Gasteiger partial charge in [-0.25, -0.2) is 0 Å². The van der Waals surface area contributed by atoms with Crippen molar-refractivity contribution in [2.75, 3.05) is 19.0 Å². The SMILES string of the molecule is COc1ccc(C2=NN2C(F)(F)F)cc1C(=O)Nc1cc(I)c2c(c1)CNCC2. The monoisotopic (exact) mass is 516 g/mol. The summed E-state index contributed by atoms with van der Waals surface area (Å²) in [5.41, 5.74) is 3.33. The highest BCUT2D eigenvalue weighted by molar-refractivity contribution is 14.1. The van der Waals surface area contributed by atoms with E-state index in [1.165, 1.54) is 30.9 Å². The number of nitrogens with one attached hydrogen (secondary N) is 2. The molecule has 0 saturated heterocycles. The number of amidine groups is 1. The Balaban J connectivity index is 1.59. The van der Waals surface area contributed by atoms with Gasteiger partial charge in [-0.1, -0.05) is 0 Å². The van der Waals surface area contributed by atoms with E-state index in [0.29, 0.717) is 5.69 Å². The van der Waals surface area contributed by atoms with Crippen LogP contribution in [0.15, 0.2) is 35.4 Å². The summed E-state index contributed by atoms with van der Waals surface area (Å²) in [6, 6.07) is 8.04. The van der Waals surface area contributed by atoms with Crippen LogP contribution in [0.25, 0.3) is 0 Å². The summed E-state index contributed by atoms with van der Waals surface area (Å²) in [6.07, 6.45) is -3.65. The van der Waals surface area contributed by atoms with E-state index in [9.17, 15) is 18.0 Å². The van der Waals surface area contributed by atoms with Gasteiger partial charge in [-0.2, -0.15) is 0 Å². The lowest BCUT2D eigenvalue weighted by Crippen LogP contribution is -2.25. The molecule has 0 radical (unpaired) electrons. The molecule has 10 heteroatoms. The van der Waals surface area contributed by atoms with Crippen molar-refractivity contribution in [2.24, 2.45) is 5.10 Å². The lowest BCUT2D eigenvalue weighted by molar-refractivity contribution is -0.201. The molecule has 0 spiro atoms. The molecule has 2 aliphatic heterocycles. The Morgan fingerprint density at radius 3 is 2.79 bits per heavy atom. The quantitative estimate of drug-likeness (QED) is 0.481. The van der Waals surface area contributed by atoms with Crippen LogP contribution >= 0.6 is 22.6 Å². The zero-order valence-electron chi connectivity index (χ0n) is 15.2. The number of nitrogens with zero attached hydrogens (tertiary/aromatic N) is 2. The highest BCUT2D eigenvalue weighted by Crippen LogP contribution is 2.34. The van der Waals surface area contributed by atoms with Crippen molar-refractivity contribution in [1.29, 1.82) is 0 Å². The van der Waals surface area contributed by atoms with Crippen molar-refractivity contribution in [3.8, 4) is 5.75 Å². The summed E-state index contributed by atoms with van der Waals surface area (Å²) in [6.45, 7) is 1.64. The van der Waals surface area contributed by atoms with Crippen LogP contribution in [0, 0.1) is 3.57 Å². The topological polar surface area (TPSA) is 65.7 Å². The molecular formula is C19H16F3IN4O2. The predicted molar refractivity (Wildman–Crippen MR) is 110 cm³/mol. The first-order valence-electron chi connectivity index (χ1n) is 8.75. The molecule has 2 aromatic carbocycles. The predicted octanol–water partition coefficient (Wildman–Crippen LogP) is 3.69. The Morgan fingerprint density at radius 2 is 2.10 bits per heavy atom. The fraction of sp³-hybridized carbons (Fsp3) is 0.263. The second-order valence-corrected chi connectivity index (χ2v) is 7.76. The van der Waals surface area contributed by atoms with Gasteiger partial charge in [0.15, 0.2) is 5.84 Å². The number of fused-ring (bicyclic) bond motifs is 1.